The van der Waals surface area contributed by atoms with Gasteiger partial charge in [-0.2, -0.15) is 5.26 Å². The molecule has 4 heterocycles. The van der Waals surface area contributed by atoms with Gasteiger partial charge in [0.2, 0.25) is 5.88 Å². The summed E-state index contributed by atoms with van der Waals surface area (Å²) in [5, 5.41) is 20.4. The molecule has 1 atom stereocenters. The largest absolute Gasteiger partial charge is 0.478 e. The zero-order chi connectivity index (χ0) is 28.5. The lowest BCUT2D eigenvalue weighted by atomic mass is 10.0. The van der Waals surface area contributed by atoms with E-state index in [4.69, 9.17) is 14.7 Å². The molecule has 1 aliphatic heterocycles. The van der Waals surface area contributed by atoms with Gasteiger partial charge in [0.05, 0.1) is 40.6 Å². The normalized spacial score (nSPS) is 14.5. The van der Waals surface area contributed by atoms with E-state index in [1.165, 1.54) is 23.5 Å². The number of benzene rings is 2. The van der Waals surface area contributed by atoms with E-state index in [-0.39, 0.29) is 47.4 Å². The number of rotatable bonds is 9. The van der Waals surface area contributed by atoms with Crippen LogP contribution < -0.4 is 4.74 Å². The average Bonchev–Trinajstić information content (AvgIpc) is 3.55. The molecule has 1 fully saturated rings. The number of aromatic nitrogens is 4. The number of halogens is 2. The summed E-state index contributed by atoms with van der Waals surface area (Å²) in [7, 11) is 0. The van der Waals surface area contributed by atoms with Crippen LogP contribution in [0.3, 0.4) is 0 Å². The zero-order valence-corrected chi connectivity index (χ0v) is 22.2. The lowest BCUT2D eigenvalue weighted by molar-refractivity contribution is -0.0589. The highest BCUT2D eigenvalue weighted by molar-refractivity contribution is 7.10. The van der Waals surface area contributed by atoms with Crippen LogP contribution >= 0.6 is 11.3 Å². The molecule has 0 saturated carbocycles. The minimum Gasteiger partial charge on any atom is -0.478 e. The SMILES string of the molecule is N#Cc1nc(COc2cccc(-c3cc(F)c(Cc4nc5ccc(C(=O)O)cc5n4CC4CCO4)cc3F)n2)cs1. The van der Waals surface area contributed by atoms with Gasteiger partial charge in [-0.15, -0.1) is 11.3 Å². The Labute approximate surface area is 236 Å². The van der Waals surface area contributed by atoms with Gasteiger partial charge in [-0.25, -0.2) is 28.5 Å². The van der Waals surface area contributed by atoms with Crippen LogP contribution in [0.5, 0.6) is 5.88 Å². The van der Waals surface area contributed by atoms with Crippen LogP contribution in [-0.2, 0) is 24.3 Å². The van der Waals surface area contributed by atoms with Crippen LogP contribution in [0.2, 0.25) is 0 Å². The fourth-order valence-corrected chi connectivity index (χ4v) is 5.18. The van der Waals surface area contributed by atoms with Crippen molar-refractivity contribution >= 4 is 28.3 Å². The molecule has 1 unspecified atom stereocenters. The predicted molar refractivity (Wildman–Crippen MR) is 145 cm³/mol. The average molecular weight is 574 g/mol. The van der Waals surface area contributed by atoms with Gasteiger partial charge >= 0.3 is 5.97 Å². The summed E-state index contributed by atoms with van der Waals surface area (Å²) in [5.41, 5.74) is 2.09. The molecular formula is C29H21F2N5O4S. The molecule has 1 saturated heterocycles. The van der Waals surface area contributed by atoms with Crippen molar-refractivity contribution in [3.63, 3.8) is 0 Å². The predicted octanol–water partition coefficient (Wildman–Crippen LogP) is 5.36. The maximum absolute atomic E-state index is 15.4. The first-order chi connectivity index (χ1) is 19.9. The van der Waals surface area contributed by atoms with Gasteiger partial charge in [0.25, 0.3) is 0 Å². The quantitative estimate of drug-likeness (QED) is 0.250. The van der Waals surface area contributed by atoms with Crippen molar-refractivity contribution in [1.29, 1.82) is 5.26 Å². The summed E-state index contributed by atoms with van der Waals surface area (Å²) in [6.45, 7) is 1.14. The van der Waals surface area contributed by atoms with Crippen molar-refractivity contribution in [3.05, 3.63) is 93.2 Å². The molecule has 5 aromatic rings. The van der Waals surface area contributed by atoms with Gasteiger partial charge in [0.1, 0.15) is 30.1 Å². The molecular weight excluding hydrogens is 552 g/mol. The van der Waals surface area contributed by atoms with Crippen molar-refractivity contribution in [1.82, 2.24) is 19.5 Å². The summed E-state index contributed by atoms with van der Waals surface area (Å²) in [4.78, 5) is 24.6. The minimum atomic E-state index is -1.07. The molecule has 1 N–H and O–H groups in total. The van der Waals surface area contributed by atoms with Crippen LogP contribution in [0.25, 0.3) is 22.3 Å². The van der Waals surface area contributed by atoms with Crippen LogP contribution in [-0.4, -0.2) is 43.3 Å². The van der Waals surface area contributed by atoms with Crippen LogP contribution in [0.1, 0.15) is 38.9 Å². The van der Waals surface area contributed by atoms with Crippen molar-refractivity contribution < 1.29 is 28.2 Å². The number of carboxylic acids is 1. The number of thiazole rings is 1. The Balaban J connectivity index is 1.27. The number of ether oxygens (including phenoxy) is 2. The van der Waals surface area contributed by atoms with Crippen molar-refractivity contribution in [2.75, 3.05) is 6.61 Å². The van der Waals surface area contributed by atoms with Crippen LogP contribution in [0.4, 0.5) is 8.78 Å². The number of nitriles is 1. The maximum atomic E-state index is 15.4. The first-order valence-electron chi connectivity index (χ1n) is 12.6. The molecule has 206 valence electrons. The Bertz CT molecular complexity index is 1830. The fourth-order valence-electron chi connectivity index (χ4n) is 4.58. The van der Waals surface area contributed by atoms with Gasteiger partial charge in [0, 0.05) is 30.0 Å². The van der Waals surface area contributed by atoms with Crippen molar-refractivity contribution in [3.8, 4) is 23.2 Å². The van der Waals surface area contributed by atoms with E-state index >= 15 is 8.78 Å². The molecule has 0 spiro atoms. The number of imidazole rings is 1. The second kappa shape index (κ2) is 11.0. The first-order valence-corrected chi connectivity index (χ1v) is 13.5. The topological polar surface area (TPSA) is 123 Å². The third kappa shape index (κ3) is 5.50. The van der Waals surface area contributed by atoms with Gasteiger partial charge in [-0.3, -0.25) is 0 Å². The number of hydrogen-bond donors (Lipinski definition) is 1. The highest BCUT2D eigenvalue weighted by Gasteiger charge is 2.23. The van der Waals surface area contributed by atoms with Gasteiger partial charge in [-0.1, -0.05) is 6.07 Å². The van der Waals surface area contributed by atoms with E-state index in [2.05, 4.69) is 15.0 Å². The summed E-state index contributed by atoms with van der Waals surface area (Å²) in [6, 6.07) is 13.6. The molecule has 3 aromatic heterocycles. The van der Waals surface area contributed by atoms with Gasteiger partial charge < -0.3 is 19.1 Å². The molecule has 12 heteroatoms. The zero-order valence-electron chi connectivity index (χ0n) is 21.4. The summed E-state index contributed by atoms with van der Waals surface area (Å²) < 4.78 is 43.8. The van der Waals surface area contributed by atoms with E-state index in [1.807, 2.05) is 10.6 Å². The number of hydrogen-bond acceptors (Lipinski definition) is 8. The number of pyridine rings is 1. The molecule has 6 rings (SSSR count). The van der Waals surface area contributed by atoms with Crippen molar-refractivity contribution in [2.45, 2.75) is 32.1 Å². The monoisotopic (exact) mass is 573 g/mol. The highest BCUT2D eigenvalue weighted by Crippen LogP contribution is 2.29. The Morgan fingerprint density at radius 2 is 2.02 bits per heavy atom. The van der Waals surface area contributed by atoms with Gasteiger partial charge in [0.15, 0.2) is 5.01 Å². The standard InChI is InChI=1S/C29H21F2N5O4S/c30-21-11-20(23-2-1-3-27(35-23)40-14-18-15-41-28(12-32)33-18)22(31)8-17(21)10-26-34-24-5-4-16(29(37)38)9-25(24)36(26)13-19-6-7-39-19/h1-5,8-9,11,15,19H,6-7,10,13-14H2,(H,37,38). The molecule has 0 bridgehead atoms. The minimum absolute atomic E-state index is 0.0122. The number of carboxylic acid groups (broad SMARTS) is 1. The molecule has 2 aromatic carbocycles. The smallest absolute Gasteiger partial charge is 0.335 e. The van der Waals surface area contributed by atoms with Crippen molar-refractivity contribution in [2.24, 2.45) is 0 Å². The molecule has 9 nitrogen and oxygen atoms in total. The number of carbonyl (C=O) groups is 1. The molecule has 0 radical (unpaired) electrons. The summed E-state index contributed by atoms with van der Waals surface area (Å²) in [6.07, 6.45) is 0.769. The van der Waals surface area contributed by atoms with E-state index < -0.39 is 17.6 Å². The maximum Gasteiger partial charge on any atom is 0.335 e. The Morgan fingerprint density at radius 3 is 2.76 bits per heavy atom. The molecule has 41 heavy (non-hydrogen) atoms. The van der Waals surface area contributed by atoms with Gasteiger partial charge in [-0.05, 0) is 48.4 Å². The van der Waals surface area contributed by atoms with E-state index in [0.29, 0.717) is 40.7 Å². The summed E-state index contributed by atoms with van der Waals surface area (Å²) in [5.74, 6) is -1.69. The lowest BCUT2D eigenvalue weighted by Crippen LogP contribution is -2.31. The summed E-state index contributed by atoms with van der Waals surface area (Å²) >= 11 is 1.20. The molecule has 1 aliphatic rings. The van der Waals surface area contributed by atoms with Crippen LogP contribution in [0, 0.1) is 23.0 Å². The van der Waals surface area contributed by atoms with E-state index in [1.54, 1.807) is 29.6 Å². The Morgan fingerprint density at radius 1 is 1.17 bits per heavy atom. The fraction of sp³-hybridized carbons (Fsp3) is 0.207. The second-order valence-electron chi connectivity index (χ2n) is 9.43. The Hall–Kier alpha value is -4.73. The molecule has 0 amide bonds. The lowest BCUT2D eigenvalue weighted by Gasteiger charge is -2.27. The third-order valence-electron chi connectivity index (χ3n) is 6.75. The van der Waals surface area contributed by atoms with E-state index in [9.17, 15) is 9.90 Å². The van der Waals surface area contributed by atoms with E-state index in [0.717, 1.165) is 18.6 Å². The second-order valence-corrected chi connectivity index (χ2v) is 10.3. The number of aromatic carboxylic acids is 1. The number of nitrogens with zero attached hydrogens (tertiary/aromatic N) is 5. The molecule has 0 aliphatic carbocycles. The number of fused-ring (bicyclic) bond motifs is 1. The third-order valence-corrected chi connectivity index (χ3v) is 7.55. The Kier molecular flexibility index (Phi) is 7.13. The highest BCUT2D eigenvalue weighted by atomic mass is 32.1. The first kappa shape index (κ1) is 26.5. The van der Waals surface area contributed by atoms with Crippen LogP contribution in [0.15, 0.2) is 53.9 Å².